The number of hydrogen-bond donors (Lipinski definition) is 1. The number of aromatic nitrogens is 2. The smallest absolute Gasteiger partial charge is 0.218 e. The molecule has 5 rings (SSSR count). The second-order valence-corrected chi connectivity index (χ2v) is 8.78. The Bertz CT molecular complexity index is 1400. The zero-order valence-electron chi connectivity index (χ0n) is 17.0. The Morgan fingerprint density at radius 3 is 2.44 bits per heavy atom. The van der Waals surface area contributed by atoms with Crippen LogP contribution in [0, 0.1) is 23.2 Å². The summed E-state index contributed by atoms with van der Waals surface area (Å²) in [6, 6.07) is 21.2. The summed E-state index contributed by atoms with van der Waals surface area (Å²) in [7, 11) is 0. The van der Waals surface area contributed by atoms with Gasteiger partial charge in [-0.05, 0) is 59.2 Å². The van der Waals surface area contributed by atoms with Crippen LogP contribution in [-0.2, 0) is 0 Å². The molecule has 0 unspecified atom stereocenters. The Morgan fingerprint density at radius 1 is 1.03 bits per heavy atom. The quantitative estimate of drug-likeness (QED) is 0.317. The van der Waals surface area contributed by atoms with Crippen molar-refractivity contribution in [2.24, 2.45) is 5.92 Å². The van der Waals surface area contributed by atoms with Crippen LogP contribution < -0.4 is 0 Å². The molecule has 1 fully saturated rings. The van der Waals surface area contributed by atoms with Crippen molar-refractivity contribution >= 4 is 45.3 Å². The molecule has 32 heavy (non-hydrogen) atoms. The second-order valence-electron chi connectivity index (χ2n) is 7.94. The van der Waals surface area contributed by atoms with Crippen LogP contribution in [0.15, 0.2) is 60.7 Å². The summed E-state index contributed by atoms with van der Waals surface area (Å²) in [5.74, 6) is -0.333. The van der Waals surface area contributed by atoms with Gasteiger partial charge in [-0.25, -0.2) is 0 Å². The van der Waals surface area contributed by atoms with E-state index in [-0.39, 0.29) is 16.9 Å². The van der Waals surface area contributed by atoms with Crippen molar-refractivity contribution in [3.63, 3.8) is 0 Å². The Morgan fingerprint density at radius 2 is 1.78 bits per heavy atom. The molecule has 0 bridgehead atoms. The number of benzene rings is 3. The molecular weight excluding hydrogens is 444 g/mol. The number of nitrogens with zero attached hydrogens (tertiary/aromatic N) is 2. The van der Waals surface area contributed by atoms with Crippen molar-refractivity contribution in [2.75, 3.05) is 0 Å². The first-order chi connectivity index (χ1) is 15.6. The standard InChI is InChI=1S/C26H18Cl2FN3/c27-17-9-10-19(21(28)13-17)24(16-7-4-8-16)23(15-5-2-1-3-6-15)18-11-12-22-25(20(18)14-30)26(29)32-31-22/h1-3,5-6,9-13,16H,4,7-8H2,(H,31,32)/b24-23+. The Labute approximate surface area is 195 Å². The van der Waals surface area contributed by atoms with Crippen molar-refractivity contribution < 1.29 is 4.39 Å². The highest BCUT2D eigenvalue weighted by atomic mass is 35.5. The van der Waals surface area contributed by atoms with Gasteiger partial charge < -0.3 is 0 Å². The van der Waals surface area contributed by atoms with E-state index in [1.165, 1.54) is 0 Å². The molecule has 1 saturated carbocycles. The van der Waals surface area contributed by atoms with Crippen molar-refractivity contribution in [1.82, 2.24) is 10.2 Å². The lowest BCUT2D eigenvalue weighted by Gasteiger charge is -2.32. The molecule has 0 radical (unpaired) electrons. The van der Waals surface area contributed by atoms with E-state index in [0.717, 1.165) is 41.5 Å². The first kappa shape index (κ1) is 20.8. The van der Waals surface area contributed by atoms with Gasteiger partial charge in [0, 0.05) is 15.6 Å². The molecule has 3 aromatic carbocycles. The van der Waals surface area contributed by atoms with Gasteiger partial charge in [0.05, 0.1) is 16.5 Å². The van der Waals surface area contributed by atoms with E-state index in [0.29, 0.717) is 21.1 Å². The maximum absolute atomic E-state index is 14.6. The molecule has 0 spiro atoms. The highest BCUT2D eigenvalue weighted by Crippen LogP contribution is 2.48. The number of nitrogens with one attached hydrogen (secondary N) is 1. The van der Waals surface area contributed by atoms with Crippen LogP contribution in [0.4, 0.5) is 4.39 Å². The summed E-state index contributed by atoms with van der Waals surface area (Å²) < 4.78 is 14.6. The Hall–Kier alpha value is -3.13. The minimum Gasteiger partial charge on any atom is -0.252 e. The van der Waals surface area contributed by atoms with E-state index in [4.69, 9.17) is 23.2 Å². The molecule has 1 N–H and O–H groups in total. The minimum atomic E-state index is -0.611. The average Bonchev–Trinajstić information content (AvgIpc) is 3.14. The number of aromatic amines is 1. The topological polar surface area (TPSA) is 52.5 Å². The third-order valence-corrected chi connectivity index (χ3v) is 6.67. The second kappa shape index (κ2) is 8.43. The van der Waals surface area contributed by atoms with Crippen LogP contribution in [-0.4, -0.2) is 10.2 Å². The van der Waals surface area contributed by atoms with Crippen LogP contribution >= 0.6 is 23.2 Å². The summed E-state index contributed by atoms with van der Waals surface area (Å²) >= 11 is 12.9. The predicted molar refractivity (Wildman–Crippen MR) is 127 cm³/mol. The molecule has 0 saturated heterocycles. The third-order valence-electron chi connectivity index (χ3n) is 6.13. The van der Waals surface area contributed by atoms with E-state index in [2.05, 4.69) is 16.3 Å². The Balaban J connectivity index is 1.91. The molecule has 0 atom stereocenters. The molecule has 158 valence electrons. The van der Waals surface area contributed by atoms with Gasteiger partial charge >= 0.3 is 0 Å². The monoisotopic (exact) mass is 461 g/mol. The number of H-pyrrole nitrogens is 1. The molecule has 1 aromatic heterocycles. The van der Waals surface area contributed by atoms with Gasteiger partial charge in [-0.15, -0.1) is 0 Å². The number of halogens is 3. The van der Waals surface area contributed by atoms with E-state index in [1.807, 2.05) is 48.5 Å². The number of hydrogen-bond acceptors (Lipinski definition) is 2. The Kier molecular flexibility index (Phi) is 5.46. The van der Waals surface area contributed by atoms with Crippen LogP contribution in [0.1, 0.15) is 41.5 Å². The lowest BCUT2D eigenvalue weighted by atomic mass is 9.72. The van der Waals surface area contributed by atoms with E-state index >= 15 is 0 Å². The lowest BCUT2D eigenvalue weighted by Crippen LogP contribution is -2.15. The molecule has 1 heterocycles. The highest BCUT2D eigenvalue weighted by molar-refractivity contribution is 6.36. The molecule has 3 nitrogen and oxygen atoms in total. The van der Waals surface area contributed by atoms with Gasteiger partial charge in [-0.1, -0.05) is 72.1 Å². The minimum absolute atomic E-state index is 0.202. The van der Waals surface area contributed by atoms with Gasteiger partial charge in [-0.3, -0.25) is 5.10 Å². The van der Waals surface area contributed by atoms with E-state index < -0.39 is 5.95 Å². The average molecular weight is 462 g/mol. The van der Waals surface area contributed by atoms with Crippen molar-refractivity contribution in [2.45, 2.75) is 19.3 Å². The highest BCUT2D eigenvalue weighted by Gasteiger charge is 2.30. The number of allylic oxidation sites excluding steroid dienone is 1. The maximum Gasteiger partial charge on any atom is 0.218 e. The molecular formula is C26H18Cl2FN3. The predicted octanol–water partition coefficient (Wildman–Crippen LogP) is 7.64. The molecule has 6 heteroatoms. The molecule has 0 aliphatic heterocycles. The van der Waals surface area contributed by atoms with Gasteiger partial charge in [0.1, 0.15) is 6.07 Å². The van der Waals surface area contributed by atoms with Crippen LogP contribution in [0.25, 0.3) is 22.0 Å². The zero-order chi connectivity index (χ0) is 22.2. The number of rotatable bonds is 4. The fraction of sp³-hybridized carbons (Fsp3) is 0.154. The van der Waals surface area contributed by atoms with E-state index in [9.17, 15) is 9.65 Å². The lowest BCUT2D eigenvalue weighted by molar-refractivity contribution is 0.401. The molecule has 4 aromatic rings. The first-order valence-corrected chi connectivity index (χ1v) is 11.2. The molecule has 1 aliphatic rings. The third kappa shape index (κ3) is 3.48. The number of fused-ring (bicyclic) bond motifs is 1. The van der Waals surface area contributed by atoms with Gasteiger partial charge in [0.25, 0.3) is 0 Å². The van der Waals surface area contributed by atoms with Crippen LogP contribution in [0.2, 0.25) is 10.0 Å². The normalized spacial score (nSPS) is 14.7. The number of nitriles is 1. The van der Waals surface area contributed by atoms with Crippen LogP contribution in [0.5, 0.6) is 0 Å². The largest absolute Gasteiger partial charge is 0.252 e. The van der Waals surface area contributed by atoms with Crippen molar-refractivity contribution in [1.29, 1.82) is 5.26 Å². The van der Waals surface area contributed by atoms with Crippen molar-refractivity contribution in [3.05, 3.63) is 98.9 Å². The maximum atomic E-state index is 14.6. The summed E-state index contributed by atoms with van der Waals surface area (Å²) in [5, 5.41) is 17.8. The van der Waals surface area contributed by atoms with E-state index in [1.54, 1.807) is 12.1 Å². The fourth-order valence-electron chi connectivity index (χ4n) is 4.42. The molecule has 0 amide bonds. The fourth-order valence-corrected chi connectivity index (χ4v) is 4.93. The SMILES string of the molecule is N#Cc1c(/C(=C(/c2ccc(Cl)cc2Cl)C2CCC2)c2ccccc2)ccc2n[nH]c(F)c12. The zero-order valence-corrected chi connectivity index (χ0v) is 18.5. The summed E-state index contributed by atoms with van der Waals surface area (Å²) in [5.41, 5.74) is 5.12. The van der Waals surface area contributed by atoms with Crippen LogP contribution in [0.3, 0.4) is 0 Å². The van der Waals surface area contributed by atoms with Gasteiger partial charge in [0.15, 0.2) is 0 Å². The summed E-state index contributed by atoms with van der Waals surface area (Å²) in [6.45, 7) is 0. The summed E-state index contributed by atoms with van der Waals surface area (Å²) in [6.07, 6.45) is 3.17. The molecule has 1 aliphatic carbocycles. The van der Waals surface area contributed by atoms with Crippen molar-refractivity contribution in [3.8, 4) is 6.07 Å². The van der Waals surface area contributed by atoms with Gasteiger partial charge in [0.2, 0.25) is 5.95 Å². The summed E-state index contributed by atoms with van der Waals surface area (Å²) in [4.78, 5) is 0. The first-order valence-electron chi connectivity index (χ1n) is 10.4. The van der Waals surface area contributed by atoms with Gasteiger partial charge in [-0.2, -0.15) is 14.8 Å².